The summed E-state index contributed by atoms with van der Waals surface area (Å²) in [7, 11) is 0. The Bertz CT molecular complexity index is 1260. The van der Waals surface area contributed by atoms with Crippen molar-refractivity contribution in [2.24, 2.45) is 0 Å². The van der Waals surface area contributed by atoms with Gasteiger partial charge in [0.15, 0.2) is 0 Å². The normalized spacial score (nSPS) is 11.3. The average molecular weight is 495 g/mol. The summed E-state index contributed by atoms with van der Waals surface area (Å²) in [5, 5.41) is 4.36. The SMILES string of the molecule is CCN(CC)CCNC(=O)c1ccc(-c2nc3cc(Cl)ccc3n2Cc2ccc(Cl)cc2)cc1. The van der Waals surface area contributed by atoms with Crippen LogP contribution in [0.5, 0.6) is 0 Å². The average Bonchev–Trinajstić information content (AvgIpc) is 3.20. The molecule has 5 nitrogen and oxygen atoms in total. The molecule has 0 radical (unpaired) electrons. The maximum absolute atomic E-state index is 12.6. The van der Waals surface area contributed by atoms with Gasteiger partial charge in [-0.2, -0.15) is 0 Å². The molecule has 0 aliphatic rings. The fraction of sp³-hybridized carbons (Fsp3) is 0.259. The highest BCUT2D eigenvalue weighted by Gasteiger charge is 2.15. The van der Waals surface area contributed by atoms with Gasteiger partial charge in [0, 0.05) is 40.8 Å². The zero-order chi connectivity index (χ0) is 24.1. The molecule has 1 N–H and O–H groups in total. The van der Waals surface area contributed by atoms with E-state index in [1.54, 1.807) is 0 Å². The molecule has 1 aromatic heterocycles. The van der Waals surface area contributed by atoms with E-state index in [0.29, 0.717) is 28.7 Å². The summed E-state index contributed by atoms with van der Waals surface area (Å²) in [5.74, 6) is 0.751. The summed E-state index contributed by atoms with van der Waals surface area (Å²) in [4.78, 5) is 19.7. The lowest BCUT2D eigenvalue weighted by Gasteiger charge is -2.18. The zero-order valence-corrected chi connectivity index (χ0v) is 20.9. The van der Waals surface area contributed by atoms with E-state index in [1.807, 2.05) is 66.7 Å². The Morgan fingerprint density at radius 2 is 1.62 bits per heavy atom. The van der Waals surface area contributed by atoms with Crippen molar-refractivity contribution >= 4 is 40.1 Å². The van der Waals surface area contributed by atoms with Crippen molar-refractivity contribution < 1.29 is 4.79 Å². The van der Waals surface area contributed by atoms with Crippen LogP contribution in [0.2, 0.25) is 10.0 Å². The van der Waals surface area contributed by atoms with E-state index < -0.39 is 0 Å². The van der Waals surface area contributed by atoms with E-state index in [-0.39, 0.29) is 5.91 Å². The van der Waals surface area contributed by atoms with Crippen molar-refractivity contribution in [2.75, 3.05) is 26.2 Å². The molecule has 4 aromatic rings. The molecule has 0 saturated carbocycles. The third-order valence-corrected chi connectivity index (χ3v) is 6.46. The van der Waals surface area contributed by atoms with Gasteiger partial charge in [-0.15, -0.1) is 0 Å². The smallest absolute Gasteiger partial charge is 0.251 e. The van der Waals surface area contributed by atoms with Crippen LogP contribution in [-0.2, 0) is 6.54 Å². The number of benzene rings is 3. The van der Waals surface area contributed by atoms with Gasteiger partial charge in [-0.25, -0.2) is 4.98 Å². The van der Waals surface area contributed by atoms with Crippen molar-refractivity contribution in [3.63, 3.8) is 0 Å². The Kier molecular flexibility index (Phi) is 7.88. The van der Waals surface area contributed by atoms with E-state index in [9.17, 15) is 4.79 Å². The molecule has 176 valence electrons. The highest BCUT2D eigenvalue weighted by molar-refractivity contribution is 6.31. The number of carbonyl (C=O) groups is 1. The molecule has 4 rings (SSSR count). The zero-order valence-electron chi connectivity index (χ0n) is 19.4. The van der Waals surface area contributed by atoms with Gasteiger partial charge in [-0.1, -0.05) is 61.3 Å². The first-order chi connectivity index (χ1) is 16.5. The van der Waals surface area contributed by atoms with Crippen LogP contribution in [0.4, 0.5) is 0 Å². The van der Waals surface area contributed by atoms with E-state index in [4.69, 9.17) is 28.2 Å². The number of aromatic nitrogens is 2. The van der Waals surface area contributed by atoms with Crippen molar-refractivity contribution in [3.8, 4) is 11.4 Å². The number of likely N-dealkylation sites (N-methyl/N-ethyl adjacent to an activating group) is 1. The summed E-state index contributed by atoms with van der Waals surface area (Å²) in [6.45, 7) is 8.30. The Morgan fingerprint density at radius 1 is 0.941 bits per heavy atom. The summed E-state index contributed by atoms with van der Waals surface area (Å²) < 4.78 is 2.16. The molecule has 0 aliphatic heterocycles. The standard InChI is InChI=1S/C27H28Cl2N4O/c1-3-32(4-2)16-15-30-27(34)21-9-7-20(8-10-21)26-31-24-17-23(29)13-14-25(24)33(26)18-19-5-11-22(28)12-6-19/h5-14,17H,3-4,15-16,18H2,1-2H3,(H,30,34). The van der Waals surface area contributed by atoms with Gasteiger partial charge in [-0.3, -0.25) is 4.79 Å². The maximum atomic E-state index is 12.6. The number of hydrogen-bond donors (Lipinski definition) is 1. The number of amides is 1. The predicted molar refractivity (Wildman–Crippen MR) is 141 cm³/mol. The topological polar surface area (TPSA) is 50.2 Å². The minimum Gasteiger partial charge on any atom is -0.351 e. The molecule has 3 aromatic carbocycles. The molecular weight excluding hydrogens is 467 g/mol. The molecule has 7 heteroatoms. The molecule has 0 bridgehead atoms. The van der Waals surface area contributed by atoms with Gasteiger partial charge in [-0.05, 0) is 61.1 Å². The second-order valence-electron chi connectivity index (χ2n) is 8.14. The molecule has 34 heavy (non-hydrogen) atoms. The number of nitrogens with one attached hydrogen (secondary N) is 1. The van der Waals surface area contributed by atoms with E-state index in [2.05, 4.69) is 28.6 Å². The minimum atomic E-state index is -0.0693. The van der Waals surface area contributed by atoms with Crippen molar-refractivity contribution in [1.29, 1.82) is 0 Å². The minimum absolute atomic E-state index is 0.0693. The quantitative estimate of drug-likeness (QED) is 0.304. The first-order valence-corrected chi connectivity index (χ1v) is 12.2. The van der Waals surface area contributed by atoms with Crippen LogP contribution >= 0.6 is 23.2 Å². The molecule has 1 amide bonds. The van der Waals surface area contributed by atoms with Crippen molar-refractivity contribution in [1.82, 2.24) is 19.8 Å². The van der Waals surface area contributed by atoms with Gasteiger partial charge in [0.25, 0.3) is 5.91 Å². The van der Waals surface area contributed by atoms with Crippen LogP contribution in [-0.4, -0.2) is 46.5 Å². The molecule has 0 saturated heterocycles. The number of hydrogen-bond acceptors (Lipinski definition) is 3. The van der Waals surface area contributed by atoms with Crippen LogP contribution < -0.4 is 5.32 Å². The molecule has 0 aliphatic carbocycles. The third kappa shape index (κ3) is 5.61. The Hall–Kier alpha value is -2.86. The first kappa shape index (κ1) is 24.3. The van der Waals surface area contributed by atoms with E-state index >= 15 is 0 Å². The summed E-state index contributed by atoms with van der Waals surface area (Å²) >= 11 is 12.3. The monoisotopic (exact) mass is 494 g/mol. The van der Waals surface area contributed by atoms with Crippen LogP contribution in [0.1, 0.15) is 29.8 Å². The van der Waals surface area contributed by atoms with Crippen molar-refractivity contribution in [3.05, 3.63) is 87.9 Å². The lowest BCUT2D eigenvalue weighted by Crippen LogP contribution is -2.34. The molecule has 0 fully saturated rings. The fourth-order valence-corrected chi connectivity index (χ4v) is 4.29. The lowest BCUT2D eigenvalue weighted by atomic mass is 10.1. The summed E-state index contributed by atoms with van der Waals surface area (Å²) in [6, 6.07) is 21.1. The Labute approximate surface area is 210 Å². The summed E-state index contributed by atoms with van der Waals surface area (Å²) in [5.41, 5.74) is 4.50. The van der Waals surface area contributed by atoms with Gasteiger partial charge >= 0.3 is 0 Å². The summed E-state index contributed by atoms with van der Waals surface area (Å²) in [6.07, 6.45) is 0. The van der Waals surface area contributed by atoms with Crippen LogP contribution in [0.3, 0.4) is 0 Å². The number of halogens is 2. The number of imidazole rings is 1. The second kappa shape index (κ2) is 11.0. The highest BCUT2D eigenvalue weighted by Crippen LogP contribution is 2.28. The van der Waals surface area contributed by atoms with Gasteiger partial charge in [0.05, 0.1) is 11.0 Å². The second-order valence-corrected chi connectivity index (χ2v) is 9.01. The molecule has 0 atom stereocenters. The van der Waals surface area contributed by atoms with Gasteiger partial charge in [0.2, 0.25) is 0 Å². The predicted octanol–water partition coefficient (Wildman–Crippen LogP) is 6.13. The maximum Gasteiger partial charge on any atom is 0.251 e. The number of rotatable bonds is 9. The van der Waals surface area contributed by atoms with Gasteiger partial charge < -0.3 is 14.8 Å². The highest BCUT2D eigenvalue weighted by atomic mass is 35.5. The van der Waals surface area contributed by atoms with Crippen LogP contribution in [0.15, 0.2) is 66.7 Å². The first-order valence-electron chi connectivity index (χ1n) is 11.5. The largest absolute Gasteiger partial charge is 0.351 e. The molecule has 1 heterocycles. The van der Waals surface area contributed by atoms with E-state index in [0.717, 1.165) is 47.6 Å². The third-order valence-electron chi connectivity index (χ3n) is 5.98. The molecular formula is C27H28Cl2N4O. The van der Waals surface area contributed by atoms with Crippen LogP contribution in [0.25, 0.3) is 22.4 Å². The number of carbonyl (C=O) groups excluding carboxylic acids is 1. The fourth-order valence-electron chi connectivity index (χ4n) is 4.00. The van der Waals surface area contributed by atoms with E-state index in [1.165, 1.54) is 0 Å². The Morgan fingerprint density at radius 3 is 2.29 bits per heavy atom. The lowest BCUT2D eigenvalue weighted by molar-refractivity contribution is 0.0949. The van der Waals surface area contributed by atoms with Crippen molar-refractivity contribution in [2.45, 2.75) is 20.4 Å². The number of fused-ring (bicyclic) bond motifs is 1. The molecule has 0 spiro atoms. The van der Waals surface area contributed by atoms with Gasteiger partial charge in [0.1, 0.15) is 5.82 Å². The molecule has 0 unspecified atom stereocenters. The number of nitrogens with zero attached hydrogens (tertiary/aromatic N) is 3. The van der Waals surface area contributed by atoms with Crippen LogP contribution in [0, 0.1) is 0 Å². The Balaban J connectivity index is 1.59.